The molecule has 0 aliphatic carbocycles. The first-order chi connectivity index (χ1) is 16.8. The molecule has 35 heavy (non-hydrogen) atoms. The van der Waals surface area contributed by atoms with E-state index in [2.05, 4.69) is 21.8 Å². The van der Waals surface area contributed by atoms with E-state index in [-0.39, 0.29) is 40.2 Å². The summed E-state index contributed by atoms with van der Waals surface area (Å²) in [5.74, 6) is -0.780. The molecular formula is C25H24Cl2N4O3S. The second-order valence-corrected chi connectivity index (χ2v) is 10.6. The molecule has 1 aliphatic rings. The van der Waals surface area contributed by atoms with Crippen molar-refractivity contribution in [1.29, 1.82) is 0 Å². The smallest absolute Gasteiger partial charge is 0.254 e. The molecule has 0 saturated carbocycles. The van der Waals surface area contributed by atoms with Gasteiger partial charge in [-0.25, -0.2) is 9.97 Å². The van der Waals surface area contributed by atoms with Gasteiger partial charge in [0.1, 0.15) is 12.0 Å². The van der Waals surface area contributed by atoms with Gasteiger partial charge >= 0.3 is 0 Å². The van der Waals surface area contributed by atoms with Gasteiger partial charge in [-0.05, 0) is 56.3 Å². The molecule has 4 rings (SSSR count). The molecule has 10 heteroatoms. The Hall–Kier alpha value is -2.81. The predicted molar refractivity (Wildman–Crippen MR) is 138 cm³/mol. The molecule has 2 heterocycles. The molecule has 3 aromatic rings. The van der Waals surface area contributed by atoms with Crippen molar-refractivity contribution in [3.05, 3.63) is 82.4 Å². The molecule has 2 aromatic carbocycles. The molecule has 0 N–H and O–H groups in total. The van der Waals surface area contributed by atoms with Crippen LogP contribution in [0.4, 0.5) is 5.69 Å². The summed E-state index contributed by atoms with van der Waals surface area (Å²) in [4.78, 5) is 37.7. The standard InChI is InChI=1S/C25H24Cl2N4O3S/c1-16-17(2)31(11-10-30(16)20-5-3-4-19(26)13-20)25(33)18-6-7-24(21(27)12-18)35(34)14-23(32)22-8-9-28-15-29-22/h3-9,12-13,15-17H,10-11,14H2,1-2H3. The van der Waals surface area contributed by atoms with E-state index >= 15 is 0 Å². The summed E-state index contributed by atoms with van der Waals surface area (Å²) in [6, 6.07) is 13.9. The summed E-state index contributed by atoms with van der Waals surface area (Å²) < 4.78 is 12.8. The molecule has 7 nitrogen and oxygen atoms in total. The fraction of sp³-hybridized carbons (Fsp3) is 0.280. The Morgan fingerprint density at radius 2 is 1.86 bits per heavy atom. The largest absolute Gasteiger partial charge is 0.365 e. The van der Waals surface area contributed by atoms with Gasteiger partial charge in [-0.2, -0.15) is 0 Å². The number of carbonyl (C=O) groups is 2. The predicted octanol–water partition coefficient (Wildman–Crippen LogP) is 4.51. The van der Waals surface area contributed by atoms with Gasteiger partial charge in [-0.3, -0.25) is 13.8 Å². The number of ketones is 1. The summed E-state index contributed by atoms with van der Waals surface area (Å²) in [6.07, 6.45) is 2.72. The quantitative estimate of drug-likeness (QED) is 0.436. The van der Waals surface area contributed by atoms with Gasteiger partial charge in [0.15, 0.2) is 5.78 Å². The molecule has 3 unspecified atom stereocenters. The molecule has 1 fully saturated rings. The zero-order chi connectivity index (χ0) is 25.1. The molecule has 1 amide bonds. The SMILES string of the molecule is CC1C(C)N(c2cccc(Cl)c2)CCN1C(=O)c1ccc(S(=O)CC(=O)c2ccncn2)c(Cl)c1. The van der Waals surface area contributed by atoms with Crippen molar-refractivity contribution in [2.75, 3.05) is 23.7 Å². The van der Waals surface area contributed by atoms with Crippen LogP contribution in [0.5, 0.6) is 0 Å². The van der Waals surface area contributed by atoms with Crippen LogP contribution in [0.1, 0.15) is 34.7 Å². The van der Waals surface area contributed by atoms with Crippen LogP contribution in [-0.2, 0) is 10.8 Å². The molecule has 3 atom stereocenters. The number of carbonyl (C=O) groups excluding carboxylic acids is 2. The fourth-order valence-electron chi connectivity index (χ4n) is 4.16. The van der Waals surface area contributed by atoms with E-state index in [1.807, 2.05) is 36.1 Å². The number of hydrogen-bond acceptors (Lipinski definition) is 6. The maximum absolute atomic E-state index is 13.3. The minimum absolute atomic E-state index is 0.0618. The van der Waals surface area contributed by atoms with Crippen LogP contribution in [0.15, 0.2) is 66.0 Å². The Kier molecular flexibility index (Phi) is 7.84. The third kappa shape index (κ3) is 5.55. The first-order valence-electron chi connectivity index (χ1n) is 11.1. The van der Waals surface area contributed by atoms with Gasteiger partial charge in [0.2, 0.25) is 0 Å². The molecule has 0 bridgehead atoms. The number of benzene rings is 2. The van der Waals surface area contributed by atoms with Gasteiger partial charge in [0.25, 0.3) is 5.91 Å². The number of nitrogens with zero attached hydrogens (tertiary/aromatic N) is 4. The average molecular weight is 531 g/mol. The summed E-state index contributed by atoms with van der Waals surface area (Å²) in [5.41, 5.74) is 1.62. The highest BCUT2D eigenvalue weighted by molar-refractivity contribution is 7.86. The third-order valence-electron chi connectivity index (χ3n) is 6.22. The lowest BCUT2D eigenvalue weighted by molar-refractivity contribution is 0.0634. The summed E-state index contributed by atoms with van der Waals surface area (Å²) in [7, 11) is -1.68. The lowest BCUT2D eigenvalue weighted by Crippen LogP contribution is -2.59. The Labute approximate surface area is 216 Å². The highest BCUT2D eigenvalue weighted by Gasteiger charge is 2.34. The van der Waals surface area contributed by atoms with Crippen LogP contribution >= 0.6 is 23.2 Å². The van der Waals surface area contributed by atoms with Crippen LogP contribution in [0, 0.1) is 0 Å². The first-order valence-corrected chi connectivity index (χ1v) is 13.1. The van der Waals surface area contributed by atoms with Crippen LogP contribution in [-0.4, -0.2) is 61.7 Å². The van der Waals surface area contributed by atoms with Crippen molar-refractivity contribution in [1.82, 2.24) is 14.9 Å². The van der Waals surface area contributed by atoms with Gasteiger partial charge in [0.05, 0.1) is 26.5 Å². The second kappa shape index (κ2) is 10.8. The molecule has 1 aromatic heterocycles. The molecule has 1 saturated heterocycles. The number of Topliss-reactive ketones (excluding diaryl/α,β-unsaturated/α-hetero) is 1. The summed E-state index contributed by atoms with van der Waals surface area (Å²) in [6.45, 7) is 5.30. The lowest BCUT2D eigenvalue weighted by atomic mass is 10.0. The highest BCUT2D eigenvalue weighted by Crippen LogP contribution is 2.29. The van der Waals surface area contributed by atoms with Crippen LogP contribution in [0.3, 0.4) is 0 Å². The Bertz CT molecular complexity index is 1270. The average Bonchev–Trinajstić information content (AvgIpc) is 2.85. The van der Waals surface area contributed by atoms with Gasteiger partial charge in [-0.1, -0.05) is 29.3 Å². The van der Waals surface area contributed by atoms with E-state index in [1.165, 1.54) is 24.7 Å². The van der Waals surface area contributed by atoms with E-state index in [4.69, 9.17) is 23.2 Å². The maximum Gasteiger partial charge on any atom is 0.254 e. The molecular weight excluding hydrogens is 507 g/mol. The Morgan fingerprint density at radius 3 is 2.54 bits per heavy atom. The normalized spacial score (nSPS) is 18.9. The minimum Gasteiger partial charge on any atom is -0.365 e. The van der Waals surface area contributed by atoms with Gasteiger partial charge in [0, 0.05) is 47.6 Å². The van der Waals surface area contributed by atoms with Gasteiger partial charge in [-0.15, -0.1) is 0 Å². The number of piperazine rings is 1. The van der Waals surface area contributed by atoms with Crippen LogP contribution in [0.2, 0.25) is 10.0 Å². The summed E-state index contributed by atoms with van der Waals surface area (Å²) >= 11 is 12.6. The zero-order valence-corrected chi connectivity index (χ0v) is 21.6. The zero-order valence-electron chi connectivity index (χ0n) is 19.2. The number of rotatable bonds is 6. The third-order valence-corrected chi connectivity index (χ3v) is 8.25. The van der Waals surface area contributed by atoms with E-state index in [0.717, 1.165) is 5.69 Å². The van der Waals surface area contributed by atoms with Crippen molar-refractivity contribution in [3.8, 4) is 0 Å². The topological polar surface area (TPSA) is 83.5 Å². The summed E-state index contributed by atoms with van der Waals surface area (Å²) in [5, 5.41) is 0.856. The van der Waals surface area contributed by atoms with Crippen molar-refractivity contribution in [2.45, 2.75) is 30.8 Å². The molecule has 1 aliphatic heterocycles. The van der Waals surface area contributed by atoms with Crippen LogP contribution in [0.25, 0.3) is 0 Å². The monoisotopic (exact) mass is 530 g/mol. The molecule has 182 valence electrons. The molecule has 0 radical (unpaired) electrons. The first kappa shape index (κ1) is 25.3. The molecule has 0 spiro atoms. The number of aromatic nitrogens is 2. The van der Waals surface area contributed by atoms with Crippen molar-refractivity contribution >= 4 is 51.4 Å². The number of anilines is 1. The van der Waals surface area contributed by atoms with Crippen molar-refractivity contribution in [3.63, 3.8) is 0 Å². The van der Waals surface area contributed by atoms with Crippen LogP contribution < -0.4 is 4.90 Å². The van der Waals surface area contributed by atoms with Crippen molar-refractivity contribution in [2.24, 2.45) is 0 Å². The fourth-order valence-corrected chi connectivity index (χ4v) is 5.82. The van der Waals surface area contributed by atoms with E-state index in [9.17, 15) is 13.8 Å². The highest BCUT2D eigenvalue weighted by atomic mass is 35.5. The van der Waals surface area contributed by atoms with Gasteiger partial charge < -0.3 is 9.80 Å². The number of halogens is 2. The number of hydrogen-bond donors (Lipinski definition) is 0. The van der Waals surface area contributed by atoms with E-state index in [0.29, 0.717) is 28.6 Å². The van der Waals surface area contributed by atoms with Crippen molar-refractivity contribution < 1.29 is 13.8 Å². The van der Waals surface area contributed by atoms with E-state index < -0.39 is 10.8 Å². The second-order valence-electron chi connectivity index (χ2n) is 8.31. The Balaban J connectivity index is 1.46. The lowest BCUT2D eigenvalue weighted by Gasteiger charge is -2.46. The Morgan fingerprint density at radius 1 is 1.06 bits per heavy atom. The maximum atomic E-state index is 13.3. The number of amides is 1. The van der Waals surface area contributed by atoms with E-state index in [1.54, 1.807) is 12.1 Å². The minimum atomic E-state index is -1.68.